The molecule has 2 aliphatic carbocycles. The number of nitrogens with zero attached hydrogens (tertiary/aromatic N) is 1. The lowest BCUT2D eigenvalue weighted by Gasteiger charge is -2.47. The third-order valence-electron chi connectivity index (χ3n) is 9.92. The van der Waals surface area contributed by atoms with Crippen LogP contribution in [0.4, 0.5) is 4.39 Å². The predicted octanol–water partition coefficient (Wildman–Crippen LogP) is 4.42. The number of carbonyl (C=O) groups is 1. The van der Waals surface area contributed by atoms with Crippen molar-refractivity contribution in [3.63, 3.8) is 0 Å². The number of quaternary nitrogens is 1. The first-order valence-corrected chi connectivity index (χ1v) is 14.5. The van der Waals surface area contributed by atoms with E-state index in [0.717, 1.165) is 57.3 Å². The molecule has 4 nitrogen and oxygen atoms in total. The molecule has 1 aromatic carbocycles. The molecule has 1 amide bonds. The lowest BCUT2D eigenvalue weighted by molar-refractivity contribution is -0.640. The van der Waals surface area contributed by atoms with Crippen LogP contribution in [-0.2, 0) is 16.6 Å². The van der Waals surface area contributed by atoms with E-state index in [0.29, 0.717) is 17.0 Å². The van der Waals surface area contributed by atoms with Gasteiger partial charge in [0.05, 0.1) is 18.5 Å². The largest absolute Gasteiger partial charge is 0.345 e. The number of aromatic amines is 1. The molecule has 2 aromatic rings. The van der Waals surface area contributed by atoms with Gasteiger partial charge in [0, 0.05) is 30.6 Å². The zero-order valence-corrected chi connectivity index (χ0v) is 21.9. The third-order valence-corrected chi connectivity index (χ3v) is 10.1. The van der Waals surface area contributed by atoms with Crippen LogP contribution in [0.5, 0.6) is 0 Å². The second-order valence-electron chi connectivity index (χ2n) is 11.7. The highest BCUT2D eigenvalue weighted by atomic mass is 35.5. The fourth-order valence-corrected chi connectivity index (χ4v) is 8.38. The van der Waals surface area contributed by atoms with Crippen molar-refractivity contribution in [1.29, 1.82) is 0 Å². The van der Waals surface area contributed by atoms with E-state index in [-0.39, 0.29) is 29.1 Å². The maximum absolute atomic E-state index is 14.8. The van der Waals surface area contributed by atoms with E-state index in [9.17, 15) is 9.18 Å². The smallest absolute Gasteiger partial charge is 0.273 e. The van der Waals surface area contributed by atoms with E-state index in [1.54, 1.807) is 12.1 Å². The van der Waals surface area contributed by atoms with Gasteiger partial charge >= 0.3 is 0 Å². The van der Waals surface area contributed by atoms with Crippen LogP contribution in [0.25, 0.3) is 0 Å². The van der Waals surface area contributed by atoms with Crippen LogP contribution in [0.2, 0.25) is 5.15 Å². The van der Waals surface area contributed by atoms with Crippen molar-refractivity contribution in [2.75, 3.05) is 19.6 Å². The van der Waals surface area contributed by atoms with Gasteiger partial charge in [-0.2, -0.15) is 4.98 Å². The molecule has 2 saturated heterocycles. The first-order chi connectivity index (χ1) is 17.6. The Morgan fingerprint density at radius 2 is 1.92 bits per heavy atom. The highest BCUT2D eigenvalue weighted by Gasteiger charge is 2.56. The van der Waals surface area contributed by atoms with Gasteiger partial charge in [0.2, 0.25) is 5.91 Å². The molecule has 0 radical (unpaired) electrons. The third kappa shape index (κ3) is 4.26. The molecule has 3 fully saturated rings. The maximum Gasteiger partial charge on any atom is 0.273 e. The molecule has 192 valence electrons. The Morgan fingerprint density at radius 1 is 1.08 bits per heavy atom. The molecule has 3 heterocycles. The molecular formula is C30H39ClFN3O+2. The summed E-state index contributed by atoms with van der Waals surface area (Å²) < 4.78 is 14.8. The van der Waals surface area contributed by atoms with Crippen molar-refractivity contribution in [3.8, 4) is 0 Å². The fraction of sp³-hybridized carbons (Fsp3) is 0.600. The van der Waals surface area contributed by atoms with Gasteiger partial charge in [-0.15, -0.1) is 0 Å². The van der Waals surface area contributed by atoms with Crippen molar-refractivity contribution in [2.45, 2.75) is 81.6 Å². The van der Waals surface area contributed by atoms with Crippen LogP contribution in [0.1, 0.15) is 80.5 Å². The summed E-state index contributed by atoms with van der Waals surface area (Å²) in [6.45, 7) is 2.56. The van der Waals surface area contributed by atoms with Crippen molar-refractivity contribution in [2.24, 2.45) is 11.8 Å². The Balaban J connectivity index is 1.31. The monoisotopic (exact) mass is 511 g/mol. The molecule has 1 saturated carbocycles. The number of aryl methyl sites for hydroxylation is 1. The van der Waals surface area contributed by atoms with Gasteiger partial charge in [-0.1, -0.05) is 37.5 Å². The van der Waals surface area contributed by atoms with E-state index < -0.39 is 0 Å². The van der Waals surface area contributed by atoms with Crippen molar-refractivity contribution in [3.05, 3.63) is 64.2 Å². The Kier molecular flexibility index (Phi) is 6.81. The number of hydrogen-bond donors (Lipinski definition) is 1. The molecule has 4 aliphatic rings. The molecular weight excluding hydrogens is 473 g/mol. The summed E-state index contributed by atoms with van der Waals surface area (Å²) in [6.07, 6.45) is 11.1. The molecule has 0 bridgehead atoms. The average Bonchev–Trinajstić information content (AvgIpc) is 3.32. The molecule has 6 heteroatoms. The van der Waals surface area contributed by atoms with E-state index in [4.69, 9.17) is 11.6 Å². The van der Waals surface area contributed by atoms with Gasteiger partial charge in [0.15, 0.2) is 5.69 Å². The Labute approximate surface area is 219 Å². The number of hydrogen-bond acceptors (Lipinski definition) is 1. The number of benzene rings is 1. The molecule has 0 unspecified atom stereocenters. The number of pyridine rings is 1. The van der Waals surface area contributed by atoms with Crippen molar-refractivity contribution >= 4 is 17.5 Å². The summed E-state index contributed by atoms with van der Waals surface area (Å²) in [4.78, 5) is 20.2. The van der Waals surface area contributed by atoms with Crippen molar-refractivity contribution in [1.82, 2.24) is 4.90 Å². The first-order valence-electron chi connectivity index (χ1n) is 14.1. The predicted molar refractivity (Wildman–Crippen MR) is 138 cm³/mol. The quantitative estimate of drug-likeness (QED) is 0.609. The van der Waals surface area contributed by atoms with Gasteiger partial charge in [-0.25, -0.2) is 4.39 Å². The molecule has 2 aliphatic heterocycles. The normalized spacial score (nSPS) is 30.9. The Hall–Kier alpha value is -1.98. The highest BCUT2D eigenvalue weighted by Crippen LogP contribution is 2.46. The summed E-state index contributed by atoms with van der Waals surface area (Å²) in [5.74, 6) is 0.960. The average molecular weight is 512 g/mol. The number of amides is 1. The van der Waals surface area contributed by atoms with E-state index in [1.807, 2.05) is 18.2 Å². The molecule has 1 aromatic heterocycles. The molecule has 4 atom stereocenters. The summed E-state index contributed by atoms with van der Waals surface area (Å²) in [5.41, 5.74) is 3.24. The number of carbonyl (C=O) groups excluding carboxylic acids is 1. The van der Waals surface area contributed by atoms with Crippen LogP contribution in [0.15, 0.2) is 36.4 Å². The Morgan fingerprint density at radius 3 is 2.75 bits per heavy atom. The summed E-state index contributed by atoms with van der Waals surface area (Å²) in [7, 11) is 0. The fourth-order valence-electron chi connectivity index (χ4n) is 8.20. The summed E-state index contributed by atoms with van der Waals surface area (Å²) >= 11 is 6.31. The number of rotatable bonds is 3. The van der Waals surface area contributed by atoms with E-state index in [1.165, 1.54) is 43.4 Å². The van der Waals surface area contributed by atoms with Gasteiger partial charge < -0.3 is 10.2 Å². The second kappa shape index (κ2) is 10.1. The van der Waals surface area contributed by atoms with E-state index in [2.05, 4.69) is 21.3 Å². The number of nitrogens with one attached hydrogen (secondary N) is 1. The van der Waals surface area contributed by atoms with Crippen LogP contribution >= 0.6 is 11.6 Å². The minimum atomic E-state index is -0.120. The van der Waals surface area contributed by atoms with Gasteiger partial charge in [0.25, 0.3) is 5.15 Å². The summed E-state index contributed by atoms with van der Waals surface area (Å²) in [5, 5.41) is 3.02. The number of H-pyrrole nitrogens is 1. The van der Waals surface area contributed by atoms with Gasteiger partial charge in [-0.05, 0) is 79.7 Å². The lowest BCUT2D eigenvalue weighted by atomic mass is 9.64. The molecule has 3 N–H and O–H groups in total. The molecule has 6 rings (SSSR count). The highest BCUT2D eigenvalue weighted by molar-refractivity contribution is 6.28. The SMILES string of the molecule is O=C([C@@H]1C[NH2+]C[C@]12CCCc1[nH+]c(Cl)ccc12)N1CC[C@@H](c2ccccc2F)C[C@H]1C1CCCCC1. The van der Waals surface area contributed by atoms with Crippen LogP contribution in [-0.4, -0.2) is 36.5 Å². The van der Waals surface area contributed by atoms with Crippen LogP contribution in [0, 0.1) is 17.7 Å². The van der Waals surface area contributed by atoms with Gasteiger partial charge in [-0.3, -0.25) is 4.79 Å². The minimum Gasteiger partial charge on any atom is -0.345 e. The van der Waals surface area contributed by atoms with Crippen LogP contribution in [0.3, 0.4) is 0 Å². The van der Waals surface area contributed by atoms with Gasteiger partial charge in [0.1, 0.15) is 11.7 Å². The Bertz CT molecular complexity index is 1120. The number of halogens is 2. The topological polar surface area (TPSA) is 51.1 Å². The number of piperidine rings is 1. The zero-order valence-electron chi connectivity index (χ0n) is 21.2. The molecule has 1 spiro atoms. The second-order valence-corrected chi connectivity index (χ2v) is 12.1. The summed E-state index contributed by atoms with van der Waals surface area (Å²) in [6, 6.07) is 11.6. The van der Waals surface area contributed by atoms with E-state index >= 15 is 0 Å². The molecule has 36 heavy (non-hydrogen) atoms. The standard InChI is InChI=1S/C30H37ClFN3O/c31-28-13-12-23-26(34-28)11-6-15-30(23)19-33-18-24(30)29(36)35-16-14-21(22-9-4-5-10-25(22)32)17-27(35)20-7-2-1-3-8-20/h4-5,9-10,12-13,20-21,24,27,33H,1-3,6-8,11,14-19H2/p+2/t21-,24+,27+,30+/m1/s1. The van der Waals surface area contributed by atoms with Crippen LogP contribution < -0.4 is 10.3 Å². The number of aromatic nitrogens is 1. The maximum atomic E-state index is 14.8. The number of likely N-dealkylation sites (tertiary alicyclic amines) is 1. The lowest BCUT2D eigenvalue weighted by Crippen LogP contribution is -2.82. The minimum absolute atomic E-state index is 0.0118. The van der Waals surface area contributed by atoms with Crippen molar-refractivity contribution < 1.29 is 19.5 Å². The zero-order chi connectivity index (χ0) is 24.7. The number of fused-ring (bicyclic) bond motifs is 2. The number of nitrogens with two attached hydrogens (primary N) is 1. The first kappa shape index (κ1) is 24.4.